The number of fused-ring (bicyclic) bond motifs is 1. The molecule has 1 aliphatic rings. The normalized spacial score (nSPS) is 17.9. The second-order valence-electron chi connectivity index (χ2n) is 6.69. The van der Waals surface area contributed by atoms with Gasteiger partial charge < -0.3 is 4.57 Å². The second kappa shape index (κ2) is 7.30. The lowest BCUT2D eigenvalue weighted by Gasteiger charge is -2.36. The van der Waals surface area contributed by atoms with Gasteiger partial charge in [-0.05, 0) is 42.0 Å². The van der Waals surface area contributed by atoms with E-state index in [-0.39, 0.29) is 6.54 Å². The summed E-state index contributed by atoms with van der Waals surface area (Å²) in [6, 6.07) is 14.3. The van der Waals surface area contributed by atoms with Crippen LogP contribution in [0.4, 0.5) is 13.2 Å². The molecule has 0 amide bonds. The van der Waals surface area contributed by atoms with Crippen LogP contribution in [0.25, 0.3) is 0 Å². The highest BCUT2D eigenvalue weighted by Gasteiger charge is 2.42. The van der Waals surface area contributed by atoms with Gasteiger partial charge in [-0.3, -0.25) is 0 Å². The van der Waals surface area contributed by atoms with Gasteiger partial charge in [0.2, 0.25) is 10.0 Å². The minimum absolute atomic E-state index is 0.0664. The Morgan fingerprint density at radius 1 is 0.931 bits per heavy atom. The molecule has 1 unspecified atom stereocenters. The molecular weight excluding hydrogens is 469 g/mol. The molecule has 9 heteroatoms. The van der Waals surface area contributed by atoms with Crippen molar-refractivity contribution in [3.05, 3.63) is 88.2 Å². The first-order valence-corrected chi connectivity index (χ1v) is 11.0. The van der Waals surface area contributed by atoms with Gasteiger partial charge in [0.1, 0.15) is 0 Å². The summed E-state index contributed by atoms with van der Waals surface area (Å²) >= 11 is 3.35. The number of hydrogen-bond acceptors (Lipinski definition) is 2. The van der Waals surface area contributed by atoms with Gasteiger partial charge in [0.25, 0.3) is 0 Å². The molecule has 0 bridgehead atoms. The molecule has 29 heavy (non-hydrogen) atoms. The summed E-state index contributed by atoms with van der Waals surface area (Å²) in [6.07, 6.45) is -2.93. The first-order valence-electron chi connectivity index (χ1n) is 8.78. The predicted molar refractivity (Wildman–Crippen MR) is 106 cm³/mol. The quantitative estimate of drug-likeness (QED) is 0.521. The minimum Gasteiger partial charge on any atom is -0.348 e. The number of sulfonamides is 1. The van der Waals surface area contributed by atoms with E-state index in [9.17, 15) is 21.6 Å². The number of rotatable bonds is 3. The lowest BCUT2D eigenvalue weighted by Crippen LogP contribution is -2.42. The number of benzene rings is 2. The Kier molecular flexibility index (Phi) is 5.08. The molecule has 4 nitrogen and oxygen atoms in total. The highest BCUT2D eigenvalue weighted by molar-refractivity contribution is 9.10. The summed E-state index contributed by atoms with van der Waals surface area (Å²) in [5, 5.41) is 0. The van der Waals surface area contributed by atoms with Gasteiger partial charge in [-0.15, -0.1) is 0 Å². The highest BCUT2D eigenvalue weighted by atomic mass is 79.9. The van der Waals surface area contributed by atoms with E-state index in [0.29, 0.717) is 17.8 Å². The molecule has 4 rings (SSSR count). The van der Waals surface area contributed by atoms with Crippen LogP contribution in [0.2, 0.25) is 0 Å². The van der Waals surface area contributed by atoms with Crippen LogP contribution in [0.1, 0.15) is 22.9 Å². The van der Waals surface area contributed by atoms with Crippen LogP contribution < -0.4 is 0 Å². The van der Waals surface area contributed by atoms with E-state index >= 15 is 0 Å². The van der Waals surface area contributed by atoms with E-state index in [4.69, 9.17) is 0 Å². The zero-order chi connectivity index (χ0) is 20.8. The molecule has 0 saturated heterocycles. The molecule has 3 aromatic rings. The molecule has 1 aliphatic heterocycles. The average molecular weight is 485 g/mol. The van der Waals surface area contributed by atoms with Crippen molar-refractivity contribution in [2.75, 3.05) is 6.54 Å². The zero-order valence-electron chi connectivity index (χ0n) is 15.0. The number of hydrogen-bond donors (Lipinski definition) is 0. The third kappa shape index (κ3) is 3.62. The molecule has 0 saturated carbocycles. The summed E-state index contributed by atoms with van der Waals surface area (Å²) in [5.41, 5.74) is 0.239. The van der Waals surface area contributed by atoms with Crippen molar-refractivity contribution < 1.29 is 21.6 Å². The smallest absolute Gasteiger partial charge is 0.348 e. The monoisotopic (exact) mass is 484 g/mol. The van der Waals surface area contributed by atoms with Crippen LogP contribution in [0.15, 0.2) is 76.2 Å². The van der Waals surface area contributed by atoms with Crippen LogP contribution >= 0.6 is 15.9 Å². The third-order valence-electron chi connectivity index (χ3n) is 4.96. The third-order valence-corrected chi connectivity index (χ3v) is 7.41. The summed E-state index contributed by atoms with van der Waals surface area (Å²) in [6.45, 7) is 0.430. The molecule has 0 aliphatic carbocycles. The maximum absolute atomic E-state index is 13.5. The molecule has 1 aromatic heterocycles. The Labute approximate surface area is 174 Å². The van der Waals surface area contributed by atoms with Gasteiger partial charge in [0, 0.05) is 29.5 Å². The van der Waals surface area contributed by atoms with E-state index in [1.54, 1.807) is 36.4 Å². The molecule has 152 valence electrons. The van der Waals surface area contributed by atoms with Gasteiger partial charge in [-0.1, -0.05) is 40.2 Å². The SMILES string of the molecule is O=S(=O)(c1ccccc1C(F)(F)F)N1CCn2cccc2C1c1ccc(Br)cc1. The van der Waals surface area contributed by atoms with E-state index in [1.807, 2.05) is 10.8 Å². The Balaban J connectivity index is 1.88. The van der Waals surface area contributed by atoms with E-state index in [2.05, 4.69) is 15.9 Å². The Hall–Kier alpha value is -2.10. The Morgan fingerprint density at radius 2 is 1.62 bits per heavy atom. The standard InChI is InChI=1S/C20H16BrF3N2O2S/c21-15-9-7-14(8-10-15)19-17-5-3-11-25(17)12-13-26(19)29(27,28)18-6-2-1-4-16(18)20(22,23)24/h1-11,19H,12-13H2. The van der Waals surface area contributed by atoms with E-state index in [1.165, 1.54) is 12.1 Å². The molecule has 0 fully saturated rings. The molecule has 0 radical (unpaired) electrons. The van der Waals surface area contributed by atoms with Crippen LogP contribution in [0.5, 0.6) is 0 Å². The van der Waals surface area contributed by atoms with Crippen molar-refractivity contribution in [1.29, 1.82) is 0 Å². The maximum atomic E-state index is 13.5. The molecular formula is C20H16BrF3N2O2S. The van der Waals surface area contributed by atoms with Crippen LogP contribution in [0.3, 0.4) is 0 Å². The average Bonchev–Trinajstić information content (AvgIpc) is 3.16. The largest absolute Gasteiger partial charge is 0.417 e. The molecule has 2 aromatic carbocycles. The van der Waals surface area contributed by atoms with Crippen LogP contribution in [-0.4, -0.2) is 23.8 Å². The summed E-state index contributed by atoms with van der Waals surface area (Å²) in [4.78, 5) is -0.727. The fourth-order valence-corrected chi connectivity index (χ4v) is 5.71. The van der Waals surface area contributed by atoms with Gasteiger partial charge in [0.05, 0.1) is 16.5 Å². The van der Waals surface area contributed by atoms with Crippen molar-refractivity contribution in [3.8, 4) is 0 Å². The van der Waals surface area contributed by atoms with Crippen LogP contribution in [-0.2, 0) is 22.7 Å². The first-order chi connectivity index (χ1) is 13.7. The van der Waals surface area contributed by atoms with Crippen molar-refractivity contribution in [1.82, 2.24) is 8.87 Å². The minimum atomic E-state index is -4.77. The summed E-state index contributed by atoms with van der Waals surface area (Å²) < 4.78 is 71.3. The first kappa shape index (κ1) is 20.2. The lowest BCUT2D eigenvalue weighted by atomic mass is 10.0. The number of nitrogens with zero attached hydrogens (tertiary/aromatic N) is 2. The lowest BCUT2D eigenvalue weighted by molar-refractivity contribution is -0.139. The van der Waals surface area contributed by atoms with Crippen molar-refractivity contribution in [2.45, 2.75) is 23.7 Å². The van der Waals surface area contributed by atoms with Gasteiger partial charge in [-0.2, -0.15) is 17.5 Å². The fourth-order valence-electron chi connectivity index (χ4n) is 3.66. The number of aromatic nitrogens is 1. The Morgan fingerprint density at radius 3 is 2.31 bits per heavy atom. The van der Waals surface area contributed by atoms with Crippen LogP contribution in [0, 0.1) is 0 Å². The molecule has 0 N–H and O–H groups in total. The van der Waals surface area contributed by atoms with Gasteiger partial charge in [-0.25, -0.2) is 8.42 Å². The second-order valence-corrected chi connectivity index (χ2v) is 9.46. The summed E-state index contributed by atoms with van der Waals surface area (Å²) in [5.74, 6) is 0. The molecule has 0 spiro atoms. The highest BCUT2D eigenvalue weighted by Crippen LogP contribution is 2.40. The number of halogens is 4. The van der Waals surface area contributed by atoms with Crippen molar-refractivity contribution in [2.24, 2.45) is 0 Å². The van der Waals surface area contributed by atoms with E-state index < -0.39 is 32.7 Å². The summed E-state index contributed by atoms with van der Waals surface area (Å²) in [7, 11) is -4.42. The molecule has 1 atom stereocenters. The fraction of sp³-hybridized carbons (Fsp3) is 0.200. The number of alkyl halides is 3. The van der Waals surface area contributed by atoms with Gasteiger partial charge >= 0.3 is 6.18 Å². The van der Waals surface area contributed by atoms with Crippen molar-refractivity contribution in [3.63, 3.8) is 0 Å². The van der Waals surface area contributed by atoms with Gasteiger partial charge in [0.15, 0.2) is 0 Å². The molecule has 2 heterocycles. The Bertz CT molecular complexity index is 1140. The van der Waals surface area contributed by atoms with E-state index in [0.717, 1.165) is 20.9 Å². The predicted octanol–water partition coefficient (Wildman–Crippen LogP) is 5.06. The van der Waals surface area contributed by atoms with Crippen molar-refractivity contribution >= 4 is 26.0 Å². The topological polar surface area (TPSA) is 42.3 Å². The maximum Gasteiger partial charge on any atom is 0.417 e. The zero-order valence-corrected chi connectivity index (χ0v) is 17.4.